The molecule has 3 rings (SSSR count). The van der Waals surface area contributed by atoms with Crippen molar-refractivity contribution in [2.75, 3.05) is 25.1 Å². The largest absolute Gasteiger partial charge is 0.469 e. The number of benzene rings is 2. The van der Waals surface area contributed by atoms with Crippen molar-refractivity contribution in [3.8, 4) is 0 Å². The van der Waals surface area contributed by atoms with Crippen molar-refractivity contribution in [3.63, 3.8) is 0 Å². The summed E-state index contributed by atoms with van der Waals surface area (Å²) >= 11 is 6.05. The van der Waals surface area contributed by atoms with Gasteiger partial charge in [0, 0.05) is 30.2 Å². The summed E-state index contributed by atoms with van der Waals surface area (Å²) in [6, 6.07) is 17.7. The molecule has 1 heterocycles. The molecule has 31 heavy (non-hydrogen) atoms. The predicted molar refractivity (Wildman–Crippen MR) is 124 cm³/mol. The lowest BCUT2D eigenvalue weighted by Gasteiger charge is -2.23. The molecule has 2 amide bonds. The minimum atomic E-state index is -0.134. The van der Waals surface area contributed by atoms with E-state index in [1.165, 1.54) is 7.11 Å². The summed E-state index contributed by atoms with van der Waals surface area (Å²) < 4.78 is 4.66. The molecule has 0 spiro atoms. The molecule has 1 unspecified atom stereocenters. The van der Waals surface area contributed by atoms with E-state index in [9.17, 15) is 9.59 Å². The van der Waals surface area contributed by atoms with Crippen LogP contribution in [0.1, 0.15) is 56.6 Å². The number of halogens is 1. The average Bonchev–Trinajstić information content (AvgIpc) is 3.12. The molecule has 1 aliphatic heterocycles. The van der Waals surface area contributed by atoms with Gasteiger partial charge in [0.1, 0.15) is 0 Å². The van der Waals surface area contributed by atoms with Crippen LogP contribution < -0.4 is 4.90 Å². The molecule has 0 bridgehead atoms. The highest BCUT2D eigenvalue weighted by Gasteiger charge is 2.38. The first-order chi connectivity index (χ1) is 15.1. The van der Waals surface area contributed by atoms with Crippen LogP contribution in [0.2, 0.25) is 5.02 Å². The van der Waals surface area contributed by atoms with Crippen molar-refractivity contribution in [1.29, 1.82) is 0 Å². The lowest BCUT2D eigenvalue weighted by Crippen LogP contribution is -2.33. The van der Waals surface area contributed by atoms with Gasteiger partial charge in [-0.2, -0.15) is 0 Å². The van der Waals surface area contributed by atoms with Gasteiger partial charge in [0.2, 0.25) is 0 Å². The van der Waals surface area contributed by atoms with Crippen molar-refractivity contribution >= 4 is 29.3 Å². The van der Waals surface area contributed by atoms with E-state index < -0.39 is 0 Å². The maximum Gasteiger partial charge on any atom is 0.325 e. The van der Waals surface area contributed by atoms with E-state index in [-0.39, 0.29) is 18.0 Å². The SMILES string of the molecule is COC(=O)CCCCCCCCN1CC(c2ccccc2)N(c2ccc(Cl)cc2)C1=O. The summed E-state index contributed by atoms with van der Waals surface area (Å²) in [6.07, 6.45) is 6.71. The molecule has 0 saturated carbocycles. The maximum absolute atomic E-state index is 13.2. The van der Waals surface area contributed by atoms with Gasteiger partial charge in [0.15, 0.2) is 0 Å². The monoisotopic (exact) mass is 442 g/mol. The lowest BCUT2D eigenvalue weighted by atomic mass is 10.1. The highest BCUT2D eigenvalue weighted by Crippen LogP contribution is 2.35. The van der Waals surface area contributed by atoms with Crippen LogP contribution in [0, 0.1) is 0 Å². The summed E-state index contributed by atoms with van der Waals surface area (Å²) in [4.78, 5) is 28.2. The van der Waals surface area contributed by atoms with E-state index in [2.05, 4.69) is 16.9 Å². The Morgan fingerprint density at radius 1 is 0.968 bits per heavy atom. The highest BCUT2D eigenvalue weighted by molar-refractivity contribution is 6.30. The second-order valence-electron chi connectivity index (χ2n) is 7.95. The van der Waals surface area contributed by atoms with Gasteiger partial charge < -0.3 is 9.64 Å². The minimum Gasteiger partial charge on any atom is -0.469 e. The Bertz CT molecular complexity index is 842. The zero-order chi connectivity index (χ0) is 22.1. The Hall–Kier alpha value is -2.53. The lowest BCUT2D eigenvalue weighted by molar-refractivity contribution is -0.140. The van der Waals surface area contributed by atoms with Gasteiger partial charge in [0.05, 0.1) is 13.2 Å². The Labute approximate surface area is 189 Å². The number of esters is 1. The van der Waals surface area contributed by atoms with E-state index in [0.29, 0.717) is 18.0 Å². The molecule has 0 aliphatic carbocycles. The Balaban J connectivity index is 1.53. The molecule has 1 fully saturated rings. The van der Waals surface area contributed by atoms with E-state index in [1.807, 2.05) is 52.3 Å². The number of anilines is 1. The second kappa shape index (κ2) is 11.8. The molecular formula is C25H31ClN2O3. The number of ether oxygens (including phenoxy) is 1. The number of nitrogens with zero attached hydrogens (tertiary/aromatic N) is 2. The number of hydrogen-bond acceptors (Lipinski definition) is 3. The minimum absolute atomic E-state index is 0.00630. The van der Waals surface area contributed by atoms with Crippen molar-refractivity contribution in [2.45, 2.75) is 51.0 Å². The number of carbonyl (C=O) groups is 2. The van der Waals surface area contributed by atoms with Gasteiger partial charge in [-0.05, 0) is 42.7 Å². The molecule has 1 saturated heterocycles. The molecule has 2 aromatic rings. The Morgan fingerprint density at radius 2 is 1.61 bits per heavy atom. The molecule has 5 nitrogen and oxygen atoms in total. The maximum atomic E-state index is 13.2. The summed E-state index contributed by atoms with van der Waals surface area (Å²) in [6.45, 7) is 1.44. The standard InChI is InChI=1S/C25H31ClN2O3/c1-31-24(29)13-9-4-2-3-5-10-18-27-19-23(20-11-7-6-8-12-20)28(25(27)30)22-16-14-21(26)15-17-22/h6-8,11-12,14-17,23H,2-5,9-10,13,18-19H2,1H3. The predicted octanol–water partition coefficient (Wildman–Crippen LogP) is 6.23. The van der Waals surface area contributed by atoms with Gasteiger partial charge in [-0.15, -0.1) is 0 Å². The quantitative estimate of drug-likeness (QED) is 0.306. The van der Waals surface area contributed by atoms with Crippen LogP contribution in [0.3, 0.4) is 0 Å². The van der Waals surface area contributed by atoms with Crippen LogP contribution in [0.5, 0.6) is 0 Å². The summed E-state index contributed by atoms with van der Waals surface area (Å²) in [5, 5.41) is 0.662. The molecule has 2 aromatic carbocycles. The fraction of sp³-hybridized carbons (Fsp3) is 0.440. The van der Waals surface area contributed by atoms with E-state index in [4.69, 9.17) is 11.6 Å². The summed E-state index contributed by atoms with van der Waals surface area (Å²) in [7, 11) is 1.43. The number of carbonyl (C=O) groups excluding carboxylic acids is 2. The van der Waals surface area contributed by atoms with Crippen molar-refractivity contribution in [3.05, 3.63) is 65.2 Å². The molecule has 0 radical (unpaired) electrons. The molecule has 0 N–H and O–H groups in total. The third-order valence-corrected chi connectivity index (χ3v) is 6.01. The van der Waals surface area contributed by atoms with Crippen LogP contribution in [0.4, 0.5) is 10.5 Å². The molecular weight excluding hydrogens is 412 g/mol. The average molecular weight is 443 g/mol. The number of unbranched alkanes of at least 4 members (excludes halogenated alkanes) is 5. The summed E-state index contributed by atoms with van der Waals surface area (Å²) in [5.74, 6) is -0.134. The van der Waals surface area contributed by atoms with E-state index >= 15 is 0 Å². The number of amides is 2. The van der Waals surface area contributed by atoms with Crippen LogP contribution in [-0.2, 0) is 9.53 Å². The van der Waals surface area contributed by atoms with Gasteiger partial charge >= 0.3 is 12.0 Å². The van der Waals surface area contributed by atoms with Crippen LogP contribution in [-0.4, -0.2) is 37.1 Å². The van der Waals surface area contributed by atoms with Crippen LogP contribution in [0.25, 0.3) is 0 Å². The van der Waals surface area contributed by atoms with Crippen LogP contribution in [0.15, 0.2) is 54.6 Å². The smallest absolute Gasteiger partial charge is 0.325 e. The van der Waals surface area contributed by atoms with Crippen LogP contribution >= 0.6 is 11.6 Å². The first-order valence-electron chi connectivity index (χ1n) is 11.1. The van der Waals surface area contributed by atoms with Crippen molar-refractivity contribution in [1.82, 2.24) is 4.90 Å². The molecule has 1 aliphatic rings. The highest BCUT2D eigenvalue weighted by atomic mass is 35.5. The van der Waals surface area contributed by atoms with Crippen molar-refractivity contribution < 1.29 is 14.3 Å². The normalized spacial score (nSPS) is 16.1. The first-order valence-corrected chi connectivity index (χ1v) is 11.4. The zero-order valence-electron chi connectivity index (χ0n) is 18.1. The molecule has 1 atom stereocenters. The first kappa shape index (κ1) is 23.1. The zero-order valence-corrected chi connectivity index (χ0v) is 18.9. The summed E-state index contributed by atoms with van der Waals surface area (Å²) in [5.41, 5.74) is 2.01. The van der Waals surface area contributed by atoms with Crippen molar-refractivity contribution in [2.24, 2.45) is 0 Å². The number of hydrogen-bond donors (Lipinski definition) is 0. The van der Waals surface area contributed by atoms with Gasteiger partial charge in [-0.1, -0.05) is 67.6 Å². The fourth-order valence-corrected chi connectivity index (χ4v) is 4.17. The molecule has 6 heteroatoms. The number of urea groups is 1. The van der Waals surface area contributed by atoms with Gasteiger partial charge in [-0.25, -0.2) is 4.79 Å². The topological polar surface area (TPSA) is 49.9 Å². The third-order valence-electron chi connectivity index (χ3n) is 5.76. The van der Waals surface area contributed by atoms with Gasteiger partial charge in [0.25, 0.3) is 0 Å². The van der Waals surface area contributed by atoms with E-state index in [0.717, 1.165) is 56.3 Å². The number of methoxy groups -OCH3 is 1. The van der Waals surface area contributed by atoms with E-state index in [1.54, 1.807) is 0 Å². The Morgan fingerprint density at radius 3 is 2.29 bits per heavy atom. The second-order valence-corrected chi connectivity index (χ2v) is 8.39. The Kier molecular flexibility index (Phi) is 8.77. The van der Waals surface area contributed by atoms with Gasteiger partial charge in [-0.3, -0.25) is 9.69 Å². The molecule has 0 aromatic heterocycles. The number of rotatable bonds is 11. The third kappa shape index (κ3) is 6.47. The molecule has 166 valence electrons. The fourth-order valence-electron chi connectivity index (χ4n) is 4.04.